The number of anilines is 1. The van der Waals surface area contributed by atoms with Crippen LogP contribution in [0.15, 0.2) is 10.7 Å². The molecule has 7 nitrogen and oxygen atoms in total. The van der Waals surface area contributed by atoms with Gasteiger partial charge in [-0.15, -0.1) is 0 Å². The maximum Gasteiger partial charge on any atom is 0.258 e. The Balaban J connectivity index is 1.55. The molecule has 2 aromatic heterocycles. The third-order valence-electron chi connectivity index (χ3n) is 5.63. The zero-order valence-electron chi connectivity index (χ0n) is 14.5. The van der Waals surface area contributed by atoms with Crippen molar-refractivity contribution >= 4 is 22.8 Å². The number of rotatable bonds is 3. The molecule has 25 heavy (non-hydrogen) atoms. The first-order valence-electron chi connectivity index (χ1n) is 8.99. The first-order chi connectivity index (χ1) is 12.0. The Kier molecular flexibility index (Phi) is 3.13. The van der Waals surface area contributed by atoms with Gasteiger partial charge >= 0.3 is 0 Å². The summed E-state index contributed by atoms with van der Waals surface area (Å²) in [6.45, 7) is 5.28. The van der Waals surface area contributed by atoms with Crippen LogP contribution < -0.4 is 5.32 Å². The quantitative estimate of drug-likeness (QED) is 0.923. The summed E-state index contributed by atoms with van der Waals surface area (Å²) in [5.41, 5.74) is 1.12. The van der Waals surface area contributed by atoms with Crippen molar-refractivity contribution in [1.29, 1.82) is 0 Å². The van der Waals surface area contributed by atoms with Crippen molar-refractivity contribution in [2.24, 2.45) is 0 Å². The molecule has 1 saturated carbocycles. The molecule has 3 aliphatic rings. The second-order valence-electron chi connectivity index (χ2n) is 7.79. The highest BCUT2D eigenvalue weighted by atomic mass is 16.5. The van der Waals surface area contributed by atoms with Gasteiger partial charge in [0.25, 0.3) is 5.91 Å². The maximum absolute atomic E-state index is 13.3. The van der Waals surface area contributed by atoms with Crippen LogP contribution in [0.5, 0.6) is 0 Å². The molecule has 2 aromatic rings. The predicted octanol–water partition coefficient (Wildman–Crippen LogP) is 2.50. The van der Waals surface area contributed by atoms with Gasteiger partial charge in [0, 0.05) is 18.6 Å². The Morgan fingerprint density at radius 3 is 2.68 bits per heavy atom. The maximum atomic E-state index is 13.3. The van der Waals surface area contributed by atoms with E-state index in [1.54, 1.807) is 0 Å². The van der Waals surface area contributed by atoms with Gasteiger partial charge in [0.2, 0.25) is 5.71 Å². The average Bonchev–Trinajstić information content (AvgIpc) is 3.06. The van der Waals surface area contributed by atoms with E-state index in [0.717, 1.165) is 25.7 Å². The van der Waals surface area contributed by atoms with E-state index in [2.05, 4.69) is 22.2 Å². The molecule has 1 aliphatic carbocycles. The fourth-order valence-electron chi connectivity index (χ4n) is 3.93. The number of fused-ring (bicyclic) bond motifs is 3. The molecule has 132 valence electrons. The molecule has 2 saturated heterocycles. The summed E-state index contributed by atoms with van der Waals surface area (Å²) in [6.07, 6.45) is 6.10. The highest BCUT2D eigenvalue weighted by Gasteiger charge is 2.40. The molecule has 0 spiro atoms. The fraction of sp³-hybridized carbons (Fsp3) is 0.611. The van der Waals surface area contributed by atoms with Crippen LogP contribution in [0.2, 0.25) is 0 Å². The van der Waals surface area contributed by atoms with Crippen LogP contribution in [0.25, 0.3) is 11.1 Å². The van der Waals surface area contributed by atoms with E-state index in [9.17, 15) is 4.79 Å². The number of aromatic nitrogens is 2. The number of hydrogen-bond donors (Lipinski definition) is 1. The summed E-state index contributed by atoms with van der Waals surface area (Å²) in [6, 6.07) is 0. The lowest BCUT2D eigenvalue weighted by Crippen LogP contribution is -2.45. The van der Waals surface area contributed by atoms with E-state index in [1.807, 2.05) is 11.8 Å². The number of morpholine rings is 1. The third-order valence-corrected chi connectivity index (χ3v) is 5.63. The van der Waals surface area contributed by atoms with E-state index >= 15 is 0 Å². The summed E-state index contributed by atoms with van der Waals surface area (Å²) in [5, 5.41) is 4.18. The van der Waals surface area contributed by atoms with Gasteiger partial charge in [-0.1, -0.05) is 0 Å². The van der Waals surface area contributed by atoms with E-state index < -0.39 is 0 Å². The highest BCUT2D eigenvalue weighted by Crippen LogP contribution is 2.40. The van der Waals surface area contributed by atoms with Crippen LogP contribution in [-0.4, -0.2) is 51.6 Å². The van der Waals surface area contributed by atoms with Gasteiger partial charge in [0.1, 0.15) is 17.9 Å². The molecule has 0 radical (unpaired) electrons. The smallest absolute Gasteiger partial charge is 0.258 e. The Morgan fingerprint density at radius 1 is 1.28 bits per heavy atom. The normalized spacial score (nSPS) is 26.9. The Morgan fingerprint density at radius 2 is 2.00 bits per heavy atom. The number of furan rings is 1. The molecule has 5 rings (SSSR count). The first kappa shape index (κ1) is 15.1. The molecular formula is C18H22N4O3. The van der Waals surface area contributed by atoms with Gasteiger partial charge in [-0.25, -0.2) is 9.97 Å². The number of amides is 1. The van der Waals surface area contributed by atoms with Crippen molar-refractivity contribution in [2.75, 3.05) is 18.4 Å². The van der Waals surface area contributed by atoms with E-state index in [0.29, 0.717) is 41.3 Å². The molecule has 0 unspecified atom stereocenters. The Bertz CT molecular complexity index is 845. The van der Waals surface area contributed by atoms with E-state index in [4.69, 9.17) is 9.15 Å². The summed E-state index contributed by atoms with van der Waals surface area (Å²) in [4.78, 5) is 23.8. The predicted molar refractivity (Wildman–Crippen MR) is 91.6 cm³/mol. The highest BCUT2D eigenvalue weighted by molar-refractivity contribution is 6.10. The molecule has 0 aromatic carbocycles. The Labute approximate surface area is 145 Å². The van der Waals surface area contributed by atoms with Crippen molar-refractivity contribution in [1.82, 2.24) is 14.9 Å². The van der Waals surface area contributed by atoms with Crippen molar-refractivity contribution in [3.63, 3.8) is 0 Å². The van der Waals surface area contributed by atoms with Crippen LogP contribution in [-0.2, 0) is 4.74 Å². The molecular weight excluding hydrogens is 320 g/mol. The van der Waals surface area contributed by atoms with Gasteiger partial charge < -0.3 is 19.4 Å². The van der Waals surface area contributed by atoms with Crippen LogP contribution in [0.1, 0.15) is 48.7 Å². The minimum Gasteiger partial charge on any atom is -0.442 e. The molecule has 1 N–H and O–H groups in total. The largest absolute Gasteiger partial charge is 0.442 e. The monoisotopic (exact) mass is 342 g/mol. The van der Waals surface area contributed by atoms with Gasteiger partial charge in [-0.3, -0.25) is 4.79 Å². The van der Waals surface area contributed by atoms with Crippen molar-refractivity contribution in [2.45, 2.75) is 57.3 Å². The minimum absolute atomic E-state index is 0.00440. The summed E-state index contributed by atoms with van der Waals surface area (Å²) >= 11 is 0. The molecule has 4 heterocycles. The minimum atomic E-state index is -0.00440. The van der Waals surface area contributed by atoms with Crippen LogP contribution in [0.3, 0.4) is 0 Å². The SMILES string of the molecule is Cc1oc2ncnc(NC3(C)CC3)c2c1C(=O)N1C[C@H]2CC[C@@H](C1)O2. The lowest BCUT2D eigenvalue weighted by atomic mass is 10.1. The van der Waals surface area contributed by atoms with Crippen molar-refractivity contribution < 1.29 is 13.9 Å². The third kappa shape index (κ3) is 2.49. The van der Waals surface area contributed by atoms with Gasteiger partial charge in [-0.05, 0) is 39.5 Å². The van der Waals surface area contributed by atoms with Crippen LogP contribution in [0, 0.1) is 6.92 Å². The second kappa shape index (κ2) is 5.17. The topological polar surface area (TPSA) is 80.5 Å². The number of aryl methyl sites for hydroxylation is 1. The lowest BCUT2D eigenvalue weighted by molar-refractivity contribution is -0.0303. The zero-order valence-corrected chi connectivity index (χ0v) is 14.5. The number of hydrogen-bond acceptors (Lipinski definition) is 6. The standard InChI is InChI=1S/C18H22N4O3/c1-10-13(17(23)22-7-11-3-4-12(8-22)25-11)14-15(21-18(2)5-6-18)19-9-20-16(14)24-10/h9,11-12H,3-8H2,1-2H3,(H,19,20,21)/t11-,12+. The van der Waals surface area contributed by atoms with E-state index in [1.165, 1.54) is 6.33 Å². The summed E-state index contributed by atoms with van der Waals surface area (Å²) < 4.78 is 11.6. The zero-order chi connectivity index (χ0) is 17.2. The average molecular weight is 342 g/mol. The van der Waals surface area contributed by atoms with Crippen LogP contribution in [0.4, 0.5) is 5.82 Å². The summed E-state index contributed by atoms with van der Waals surface area (Å²) in [7, 11) is 0. The number of likely N-dealkylation sites (tertiary alicyclic amines) is 1. The molecule has 3 fully saturated rings. The van der Waals surface area contributed by atoms with Gasteiger partial charge in [0.05, 0.1) is 23.2 Å². The van der Waals surface area contributed by atoms with Crippen molar-refractivity contribution in [3.8, 4) is 0 Å². The van der Waals surface area contributed by atoms with Gasteiger partial charge in [0.15, 0.2) is 0 Å². The number of ether oxygens (including phenoxy) is 1. The van der Waals surface area contributed by atoms with E-state index in [-0.39, 0.29) is 23.7 Å². The van der Waals surface area contributed by atoms with Crippen molar-refractivity contribution in [3.05, 3.63) is 17.7 Å². The number of carbonyl (C=O) groups excluding carboxylic acids is 1. The number of nitrogens with zero attached hydrogens (tertiary/aromatic N) is 3. The van der Waals surface area contributed by atoms with Gasteiger partial charge in [-0.2, -0.15) is 0 Å². The molecule has 2 atom stereocenters. The lowest BCUT2D eigenvalue weighted by Gasteiger charge is -2.32. The van der Waals surface area contributed by atoms with Crippen LogP contribution >= 0.6 is 0 Å². The molecule has 1 amide bonds. The fourth-order valence-corrected chi connectivity index (χ4v) is 3.93. The number of nitrogens with one attached hydrogen (secondary N) is 1. The Hall–Kier alpha value is -2.15. The number of carbonyl (C=O) groups is 1. The summed E-state index contributed by atoms with van der Waals surface area (Å²) in [5.74, 6) is 1.29. The molecule has 2 bridgehead atoms. The molecule has 7 heteroatoms. The second-order valence-corrected chi connectivity index (χ2v) is 7.79. The first-order valence-corrected chi connectivity index (χ1v) is 8.99. The molecule has 2 aliphatic heterocycles.